The number of rotatable bonds is 7. The zero-order valence-electron chi connectivity index (χ0n) is 15.8. The van der Waals surface area contributed by atoms with E-state index in [1.165, 1.54) is 0 Å². The number of aromatic nitrogens is 2. The molecule has 0 saturated heterocycles. The van der Waals surface area contributed by atoms with Gasteiger partial charge >= 0.3 is 0 Å². The van der Waals surface area contributed by atoms with Crippen molar-refractivity contribution in [3.05, 3.63) is 30.0 Å². The topological polar surface area (TPSA) is 110 Å². The Labute approximate surface area is 153 Å². The highest BCUT2D eigenvalue weighted by atomic mass is 16.3. The number of fused-ring (bicyclic) bond motifs is 1. The Morgan fingerprint density at radius 1 is 1.31 bits per heavy atom. The van der Waals surface area contributed by atoms with Gasteiger partial charge in [-0.05, 0) is 31.2 Å². The van der Waals surface area contributed by atoms with E-state index in [0.29, 0.717) is 13.0 Å². The zero-order valence-corrected chi connectivity index (χ0v) is 15.8. The minimum Gasteiger partial charge on any atom is -0.393 e. The normalized spacial score (nSPS) is 14.2. The molecule has 2 amide bonds. The van der Waals surface area contributed by atoms with Crippen LogP contribution in [-0.4, -0.2) is 38.8 Å². The van der Waals surface area contributed by atoms with Gasteiger partial charge in [0.05, 0.1) is 11.6 Å². The van der Waals surface area contributed by atoms with Crippen LogP contribution in [0.4, 0.5) is 0 Å². The van der Waals surface area contributed by atoms with Gasteiger partial charge < -0.3 is 16.2 Å². The number of amides is 2. The van der Waals surface area contributed by atoms with E-state index in [9.17, 15) is 14.7 Å². The van der Waals surface area contributed by atoms with Gasteiger partial charge in [0, 0.05) is 11.9 Å². The Bertz CT molecular complexity index is 790. The van der Waals surface area contributed by atoms with E-state index in [4.69, 9.17) is 5.73 Å². The largest absolute Gasteiger partial charge is 0.393 e. The molecule has 0 aliphatic carbocycles. The molecule has 0 aliphatic heterocycles. The maximum absolute atomic E-state index is 12.8. The molecule has 7 nitrogen and oxygen atoms in total. The number of carbonyl (C=O) groups is 2. The molecule has 1 heterocycles. The smallest absolute Gasteiger partial charge is 0.273 e. The standard InChI is InChI=1S/C19H28N4O3/c1-12(24)8-7-11-23-14-10-6-5-9-13(14)15(22-23)18(26)21-16(17(20)25)19(2,3)4/h5-6,9-10,12,16,24H,7-8,11H2,1-4H3,(H2,20,25)(H,21,26)/t12-,16+/m0/s1. The third-order valence-electron chi connectivity index (χ3n) is 4.29. The fourth-order valence-electron chi connectivity index (χ4n) is 2.92. The lowest BCUT2D eigenvalue weighted by Crippen LogP contribution is -2.52. The van der Waals surface area contributed by atoms with E-state index >= 15 is 0 Å². The second kappa shape index (κ2) is 7.86. The maximum atomic E-state index is 12.8. The number of primary amides is 1. The van der Waals surface area contributed by atoms with Crippen LogP contribution >= 0.6 is 0 Å². The first kappa shape index (κ1) is 19.9. The van der Waals surface area contributed by atoms with Crippen LogP contribution < -0.4 is 11.1 Å². The molecule has 4 N–H and O–H groups in total. The molecule has 142 valence electrons. The predicted molar refractivity (Wildman–Crippen MR) is 101 cm³/mol. The summed E-state index contributed by atoms with van der Waals surface area (Å²) in [5.74, 6) is -0.999. The van der Waals surface area contributed by atoms with E-state index in [0.717, 1.165) is 17.3 Å². The lowest BCUT2D eigenvalue weighted by molar-refractivity contribution is -0.122. The Morgan fingerprint density at radius 3 is 2.54 bits per heavy atom. The molecule has 1 aromatic carbocycles. The Kier molecular flexibility index (Phi) is 6.02. The summed E-state index contributed by atoms with van der Waals surface area (Å²) in [7, 11) is 0. The molecule has 0 bridgehead atoms. The molecule has 2 aromatic rings. The van der Waals surface area contributed by atoms with Crippen molar-refractivity contribution in [2.75, 3.05) is 0 Å². The lowest BCUT2D eigenvalue weighted by atomic mass is 9.86. The average Bonchev–Trinajstić information content (AvgIpc) is 2.90. The highest BCUT2D eigenvalue weighted by Crippen LogP contribution is 2.22. The summed E-state index contributed by atoms with van der Waals surface area (Å²) in [6.45, 7) is 7.87. The number of hydrogen-bond acceptors (Lipinski definition) is 4. The van der Waals surface area contributed by atoms with Crippen molar-refractivity contribution >= 4 is 22.7 Å². The second-order valence-corrected chi connectivity index (χ2v) is 7.76. The number of aliphatic hydroxyl groups is 1. The van der Waals surface area contributed by atoms with E-state index in [1.807, 2.05) is 45.0 Å². The quantitative estimate of drug-likeness (QED) is 0.699. The summed E-state index contributed by atoms with van der Waals surface area (Å²) in [6.07, 6.45) is 1.03. The molecule has 0 spiro atoms. The zero-order chi connectivity index (χ0) is 19.5. The van der Waals surface area contributed by atoms with Crippen molar-refractivity contribution in [3.63, 3.8) is 0 Å². The van der Waals surface area contributed by atoms with Crippen LogP contribution in [0.3, 0.4) is 0 Å². The monoisotopic (exact) mass is 360 g/mol. The van der Waals surface area contributed by atoms with Gasteiger partial charge in [-0.1, -0.05) is 39.0 Å². The van der Waals surface area contributed by atoms with Crippen LogP contribution in [0.2, 0.25) is 0 Å². The third kappa shape index (κ3) is 4.60. The summed E-state index contributed by atoms with van der Waals surface area (Å²) >= 11 is 0. The van der Waals surface area contributed by atoms with Crippen molar-refractivity contribution in [3.8, 4) is 0 Å². The van der Waals surface area contributed by atoms with Crippen LogP contribution in [0.15, 0.2) is 24.3 Å². The number of benzene rings is 1. The van der Waals surface area contributed by atoms with Crippen molar-refractivity contribution < 1.29 is 14.7 Å². The Hall–Kier alpha value is -2.41. The van der Waals surface area contributed by atoms with Crippen LogP contribution in [0.5, 0.6) is 0 Å². The summed E-state index contributed by atoms with van der Waals surface area (Å²) < 4.78 is 1.77. The lowest BCUT2D eigenvalue weighted by Gasteiger charge is -2.28. The van der Waals surface area contributed by atoms with Gasteiger partial charge in [-0.3, -0.25) is 14.3 Å². The van der Waals surface area contributed by atoms with Crippen molar-refractivity contribution in [2.45, 2.75) is 59.2 Å². The van der Waals surface area contributed by atoms with E-state index < -0.39 is 23.3 Å². The van der Waals surface area contributed by atoms with Gasteiger partial charge in [0.2, 0.25) is 5.91 Å². The Morgan fingerprint density at radius 2 is 1.96 bits per heavy atom. The van der Waals surface area contributed by atoms with Crippen LogP contribution in [0.25, 0.3) is 10.9 Å². The van der Waals surface area contributed by atoms with Gasteiger partial charge in [0.1, 0.15) is 6.04 Å². The van der Waals surface area contributed by atoms with Crippen molar-refractivity contribution in [2.24, 2.45) is 11.1 Å². The molecule has 26 heavy (non-hydrogen) atoms. The molecular weight excluding hydrogens is 332 g/mol. The Balaban J connectivity index is 2.31. The maximum Gasteiger partial charge on any atom is 0.273 e. The number of nitrogens with two attached hydrogens (primary N) is 1. The first-order valence-electron chi connectivity index (χ1n) is 8.85. The molecule has 2 rings (SSSR count). The highest BCUT2D eigenvalue weighted by molar-refractivity contribution is 6.06. The first-order valence-corrected chi connectivity index (χ1v) is 8.85. The fraction of sp³-hybridized carbons (Fsp3) is 0.526. The molecule has 7 heteroatoms. The number of para-hydroxylation sites is 1. The fourth-order valence-corrected chi connectivity index (χ4v) is 2.92. The SMILES string of the molecule is C[C@H](O)CCCn1nc(C(=O)N[C@H](C(N)=O)C(C)(C)C)c2ccccc21. The summed E-state index contributed by atoms with van der Waals surface area (Å²) in [5, 5.41) is 17.3. The highest BCUT2D eigenvalue weighted by Gasteiger charge is 2.32. The van der Waals surface area contributed by atoms with Crippen molar-refractivity contribution in [1.29, 1.82) is 0 Å². The number of nitrogens with zero attached hydrogens (tertiary/aromatic N) is 2. The minimum atomic E-state index is -0.797. The molecule has 0 aliphatic rings. The molecule has 0 fully saturated rings. The number of aryl methyl sites for hydroxylation is 1. The van der Waals surface area contributed by atoms with Crippen molar-refractivity contribution in [1.82, 2.24) is 15.1 Å². The number of carbonyl (C=O) groups excluding carboxylic acids is 2. The molecule has 1 aromatic heterocycles. The second-order valence-electron chi connectivity index (χ2n) is 7.76. The number of aliphatic hydroxyl groups excluding tert-OH is 1. The minimum absolute atomic E-state index is 0.271. The average molecular weight is 360 g/mol. The van der Waals surface area contributed by atoms with Gasteiger partial charge in [-0.25, -0.2) is 0 Å². The van der Waals surface area contributed by atoms with E-state index in [1.54, 1.807) is 11.6 Å². The molecule has 2 atom stereocenters. The van der Waals surface area contributed by atoms with Gasteiger partial charge in [-0.15, -0.1) is 0 Å². The summed E-state index contributed by atoms with van der Waals surface area (Å²) in [6, 6.07) is 6.67. The van der Waals surface area contributed by atoms with E-state index in [-0.39, 0.29) is 11.8 Å². The van der Waals surface area contributed by atoms with Crippen LogP contribution in [0.1, 0.15) is 51.0 Å². The molecule has 0 radical (unpaired) electrons. The van der Waals surface area contributed by atoms with Gasteiger partial charge in [-0.2, -0.15) is 5.10 Å². The summed E-state index contributed by atoms with van der Waals surface area (Å²) in [5.41, 5.74) is 6.07. The first-order chi connectivity index (χ1) is 12.1. The molecular formula is C19H28N4O3. The molecule has 0 unspecified atom stereocenters. The van der Waals surface area contributed by atoms with Gasteiger partial charge in [0.25, 0.3) is 5.91 Å². The third-order valence-corrected chi connectivity index (χ3v) is 4.29. The summed E-state index contributed by atoms with van der Waals surface area (Å²) in [4.78, 5) is 24.5. The van der Waals surface area contributed by atoms with Gasteiger partial charge in [0.15, 0.2) is 5.69 Å². The number of hydrogen-bond donors (Lipinski definition) is 3. The molecule has 0 saturated carbocycles. The van der Waals surface area contributed by atoms with Crippen LogP contribution in [-0.2, 0) is 11.3 Å². The predicted octanol–water partition coefficient (Wildman–Crippen LogP) is 1.83. The van der Waals surface area contributed by atoms with E-state index in [2.05, 4.69) is 10.4 Å². The van der Waals surface area contributed by atoms with Crippen LogP contribution in [0, 0.1) is 5.41 Å². The number of nitrogens with one attached hydrogen (secondary N) is 1.